The van der Waals surface area contributed by atoms with Crippen LogP contribution in [0.1, 0.15) is 32.5 Å². The van der Waals surface area contributed by atoms with Gasteiger partial charge in [0.15, 0.2) is 5.82 Å². The van der Waals surface area contributed by atoms with Crippen LogP contribution in [0.3, 0.4) is 0 Å². The second-order valence-corrected chi connectivity index (χ2v) is 3.96. The Morgan fingerprint density at radius 1 is 1.35 bits per heavy atom. The van der Waals surface area contributed by atoms with Gasteiger partial charge in [0, 0.05) is 12.5 Å². The number of nitrogens with one attached hydrogen (secondary N) is 1. The van der Waals surface area contributed by atoms with Gasteiger partial charge in [-0.3, -0.25) is 4.90 Å². The predicted molar refractivity (Wildman–Crippen MR) is 70.4 cm³/mol. The molecule has 1 aromatic heterocycles. The number of rotatable bonds is 7. The monoisotopic (exact) mass is 262 g/mol. The van der Waals surface area contributed by atoms with Crippen molar-refractivity contribution in [3.8, 4) is 0 Å². The molecule has 0 aliphatic rings. The van der Waals surface area contributed by atoms with E-state index < -0.39 is 0 Å². The molecular weight excluding hydrogens is 240 g/mol. The van der Waals surface area contributed by atoms with E-state index in [0.29, 0.717) is 11.9 Å². The molecule has 0 saturated heterocycles. The van der Waals surface area contributed by atoms with E-state index >= 15 is 0 Å². The van der Waals surface area contributed by atoms with E-state index in [1.165, 1.54) is 0 Å². The molecule has 0 amide bonds. The first kappa shape index (κ1) is 16.4. The Labute approximate surface area is 109 Å². The van der Waals surface area contributed by atoms with Crippen LogP contribution >= 0.6 is 12.4 Å². The summed E-state index contributed by atoms with van der Waals surface area (Å²) in [7, 11) is 1.93. The van der Waals surface area contributed by atoms with Gasteiger partial charge in [0.2, 0.25) is 5.89 Å². The minimum absolute atomic E-state index is 0. The van der Waals surface area contributed by atoms with Crippen molar-refractivity contribution in [2.24, 2.45) is 0 Å². The lowest BCUT2D eigenvalue weighted by molar-refractivity contribution is 0.246. The molecule has 5 nitrogen and oxygen atoms in total. The second-order valence-electron chi connectivity index (χ2n) is 3.96. The molecule has 1 N–H and O–H groups in total. The molecule has 0 aromatic carbocycles. The van der Waals surface area contributed by atoms with Crippen molar-refractivity contribution in [3.63, 3.8) is 0 Å². The molecule has 6 heteroatoms. The van der Waals surface area contributed by atoms with Gasteiger partial charge in [0.25, 0.3) is 0 Å². The Morgan fingerprint density at radius 2 is 2.00 bits per heavy atom. The molecule has 0 aliphatic heterocycles. The Hall–Kier alpha value is -0.650. The lowest BCUT2D eigenvalue weighted by Gasteiger charge is -2.14. The minimum Gasteiger partial charge on any atom is -0.338 e. The molecule has 0 saturated carbocycles. The zero-order chi connectivity index (χ0) is 12.0. The van der Waals surface area contributed by atoms with Crippen molar-refractivity contribution in [1.82, 2.24) is 20.4 Å². The molecule has 0 aliphatic carbocycles. The minimum atomic E-state index is 0. The summed E-state index contributed by atoms with van der Waals surface area (Å²) in [4.78, 5) is 6.62. The van der Waals surface area contributed by atoms with E-state index in [0.717, 1.165) is 31.9 Å². The van der Waals surface area contributed by atoms with E-state index in [2.05, 4.69) is 41.1 Å². The maximum Gasteiger partial charge on any atom is 0.240 e. The molecule has 1 aromatic rings. The van der Waals surface area contributed by atoms with Gasteiger partial charge in [-0.15, -0.1) is 12.4 Å². The predicted octanol–water partition coefficient (Wildman–Crippen LogP) is 1.48. The third-order valence-electron chi connectivity index (χ3n) is 2.75. The number of nitrogens with zero attached hydrogens (tertiary/aromatic N) is 3. The van der Waals surface area contributed by atoms with Gasteiger partial charge < -0.3 is 9.84 Å². The third-order valence-corrected chi connectivity index (χ3v) is 2.75. The van der Waals surface area contributed by atoms with Gasteiger partial charge in [-0.1, -0.05) is 19.0 Å². The molecule has 0 fully saturated rings. The molecule has 1 atom stereocenters. The highest BCUT2D eigenvalue weighted by Gasteiger charge is 2.11. The zero-order valence-electron chi connectivity index (χ0n) is 11.1. The average molecular weight is 263 g/mol. The van der Waals surface area contributed by atoms with E-state index in [4.69, 9.17) is 4.52 Å². The van der Waals surface area contributed by atoms with Crippen LogP contribution in [0.2, 0.25) is 0 Å². The lowest BCUT2D eigenvalue weighted by Crippen LogP contribution is -2.24. The number of aromatic nitrogens is 2. The summed E-state index contributed by atoms with van der Waals surface area (Å²) < 4.78 is 5.21. The zero-order valence-corrected chi connectivity index (χ0v) is 11.9. The number of hydrogen-bond donors (Lipinski definition) is 1. The number of hydrogen-bond acceptors (Lipinski definition) is 5. The Kier molecular flexibility index (Phi) is 8.12. The fourth-order valence-corrected chi connectivity index (χ4v) is 1.45. The van der Waals surface area contributed by atoms with Crippen LogP contribution in [0.4, 0.5) is 0 Å². The fraction of sp³-hybridized carbons (Fsp3) is 0.818. The van der Waals surface area contributed by atoms with Crippen molar-refractivity contribution >= 4 is 12.4 Å². The SMILES string of the molecule is CCN(CC)Cc1nc(CC(C)NC)no1.Cl. The standard InChI is InChI=1S/C11H22N4O.ClH/c1-5-15(6-2)8-11-13-10(14-16-11)7-9(3)12-4;/h9,12H,5-8H2,1-4H3;1H. The summed E-state index contributed by atoms with van der Waals surface area (Å²) in [5, 5.41) is 7.13. The van der Waals surface area contributed by atoms with Crippen LogP contribution < -0.4 is 5.32 Å². The van der Waals surface area contributed by atoms with Crippen molar-refractivity contribution in [1.29, 1.82) is 0 Å². The Balaban J connectivity index is 0.00000256. The summed E-state index contributed by atoms with van der Waals surface area (Å²) in [6.07, 6.45) is 0.804. The van der Waals surface area contributed by atoms with Crippen molar-refractivity contribution in [3.05, 3.63) is 11.7 Å². The largest absolute Gasteiger partial charge is 0.338 e. The highest BCUT2D eigenvalue weighted by atomic mass is 35.5. The summed E-state index contributed by atoms with van der Waals surface area (Å²) in [6, 6.07) is 0.374. The van der Waals surface area contributed by atoms with Gasteiger partial charge in [0.1, 0.15) is 0 Å². The van der Waals surface area contributed by atoms with Crippen molar-refractivity contribution < 1.29 is 4.52 Å². The smallest absolute Gasteiger partial charge is 0.240 e. The molecule has 1 unspecified atom stereocenters. The van der Waals surface area contributed by atoms with Crippen molar-refractivity contribution in [2.45, 2.75) is 39.8 Å². The first-order valence-electron chi connectivity index (χ1n) is 5.90. The summed E-state index contributed by atoms with van der Waals surface area (Å²) in [6.45, 7) is 9.10. The highest BCUT2D eigenvalue weighted by Crippen LogP contribution is 2.04. The van der Waals surface area contributed by atoms with E-state index in [9.17, 15) is 0 Å². The number of likely N-dealkylation sites (N-methyl/N-ethyl adjacent to an activating group) is 1. The maximum absolute atomic E-state index is 5.21. The van der Waals surface area contributed by atoms with Gasteiger partial charge >= 0.3 is 0 Å². The van der Waals surface area contributed by atoms with Gasteiger partial charge in [-0.2, -0.15) is 4.98 Å². The molecule has 0 spiro atoms. The summed E-state index contributed by atoms with van der Waals surface area (Å²) >= 11 is 0. The van der Waals surface area contributed by atoms with E-state index in [1.54, 1.807) is 0 Å². The normalized spacial score (nSPS) is 12.5. The molecule has 1 heterocycles. The highest BCUT2D eigenvalue weighted by molar-refractivity contribution is 5.85. The van der Waals surface area contributed by atoms with Gasteiger partial charge in [-0.25, -0.2) is 0 Å². The Morgan fingerprint density at radius 3 is 2.53 bits per heavy atom. The van der Waals surface area contributed by atoms with Crippen LogP contribution in [-0.4, -0.2) is 41.2 Å². The topological polar surface area (TPSA) is 54.2 Å². The lowest BCUT2D eigenvalue weighted by atomic mass is 10.2. The van der Waals surface area contributed by atoms with E-state index in [1.807, 2.05) is 7.05 Å². The molecule has 0 radical (unpaired) electrons. The third kappa shape index (κ3) is 5.48. The summed E-state index contributed by atoms with van der Waals surface area (Å²) in [5.41, 5.74) is 0. The summed E-state index contributed by atoms with van der Waals surface area (Å²) in [5.74, 6) is 1.49. The quantitative estimate of drug-likeness (QED) is 0.807. The van der Waals surface area contributed by atoms with Crippen LogP contribution in [0, 0.1) is 0 Å². The number of halogens is 1. The molecule has 1 rings (SSSR count). The van der Waals surface area contributed by atoms with Crippen LogP contribution in [0.15, 0.2) is 4.52 Å². The maximum atomic E-state index is 5.21. The van der Waals surface area contributed by atoms with Gasteiger partial charge in [-0.05, 0) is 27.1 Å². The van der Waals surface area contributed by atoms with Crippen LogP contribution in [-0.2, 0) is 13.0 Å². The first-order valence-corrected chi connectivity index (χ1v) is 5.90. The van der Waals surface area contributed by atoms with Gasteiger partial charge in [0.05, 0.1) is 6.54 Å². The average Bonchev–Trinajstić information content (AvgIpc) is 2.73. The fourth-order valence-electron chi connectivity index (χ4n) is 1.45. The first-order chi connectivity index (χ1) is 7.69. The Bertz CT molecular complexity index is 301. The van der Waals surface area contributed by atoms with Crippen LogP contribution in [0.25, 0.3) is 0 Å². The second kappa shape index (κ2) is 8.44. The van der Waals surface area contributed by atoms with E-state index in [-0.39, 0.29) is 12.4 Å². The molecule has 100 valence electrons. The molecule has 0 bridgehead atoms. The van der Waals surface area contributed by atoms with Crippen molar-refractivity contribution in [2.75, 3.05) is 20.1 Å². The molecule has 17 heavy (non-hydrogen) atoms. The van der Waals surface area contributed by atoms with Crippen LogP contribution in [0.5, 0.6) is 0 Å². The molecular formula is C11H23ClN4O.